The van der Waals surface area contributed by atoms with Gasteiger partial charge in [0.25, 0.3) is 5.91 Å². The standard InChI is InChI=1S/C17H16N2O8/c1-2-19-6-9(16(23)18-10(17(24)25)4-14(20)21)15(22)8-3-12-13(5-11(8)19)27-7-26-12/h3,5-6,10H,2,4,7H2,1H3,(H,18,23)(H,20,21)(H,24,25)/t10-/m1/s1. The molecule has 0 bridgehead atoms. The topological polar surface area (TPSA) is 144 Å². The minimum absolute atomic E-state index is 0.0226. The van der Waals surface area contributed by atoms with Crippen LogP contribution in [0.3, 0.4) is 0 Å². The van der Waals surface area contributed by atoms with Gasteiger partial charge < -0.3 is 29.6 Å². The van der Waals surface area contributed by atoms with Crippen molar-refractivity contribution in [2.24, 2.45) is 0 Å². The monoisotopic (exact) mass is 376 g/mol. The molecule has 1 amide bonds. The number of fused-ring (bicyclic) bond motifs is 2. The third-order valence-electron chi connectivity index (χ3n) is 4.14. The second-order valence-electron chi connectivity index (χ2n) is 5.84. The van der Waals surface area contributed by atoms with Gasteiger partial charge in [-0.3, -0.25) is 14.4 Å². The smallest absolute Gasteiger partial charge is 0.326 e. The molecule has 142 valence electrons. The molecular formula is C17H16N2O8. The number of benzene rings is 1. The molecule has 1 aliphatic rings. The van der Waals surface area contributed by atoms with Crippen LogP contribution in [0.5, 0.6) is 11.5 Å². The molecule has 0 aliphatic carbocycles. The lowest BCUT2D eigenvalue weighted by Crippen LogP contribution is -2.43. The molecule has 3 rings (SSSR count). The summed E-state index contributed by atoms with van der Waals surface area (Å²) in [5, 5.41) is 20.1. The lowest BCUT2D eigenvalue weighted by atomic mass is 10.1. The number of carbonyl (C=O) groups is 3. The second kappa shape index (κ2) is 6.98. The number of aryl methyl sites for hydroxylation is 1. The summed E-state index contributed by atoms with van der Waals surface area (Å²) >= 11 is 0. The van der Waals surface area contributed by atoms with E-state index < -0.39 is 35.7 Å². The molecular weight excluding hydrogens is 360 g/mol. The van der Waals surface area contributed by atoms with Gasteiger partial charge in [0.15, 0.2) is 11.5 Å². The normalized spacial score (nSPS) is 13.4. The molecule has 1 aromatic carbocycles. The van der Waals surface area contributed by atoms with Crippen LogP contribution in [0.15, 0.2) is 23.1 Å². The summed E-state index contributed by atoms with van der Waals surface area (Å²) < 4.78 is 12.2. The van der Waals surface area contributed by atoms with Gasteiger partial charge in [0.05, 0.1) is 17.3 Å². The third-order valence-corrected chi connectivity index (χ3v) is 4.14. The molecule has 3 N–H and O–H groups in total. The van der Waals surface area contributed by atoms with Crippen LogP contribution >= 0.6 is 0 Å². The molecule has 1 aliphatic heterocycles. The number of aromatic nitrogens is 1. The Morgan fingerprint density at radius 2 is 1.89 bits per heavy atom. The van der Waals surface area contributed by atoms with E-state index in [4.69, 9.17) is 19.7 Å². The second-order valence-corrected chi connectivity index (χ2v) is 5.84. The molecule has 2 aromatic rings. The molecule has 10 heteroatoms. The van der Waals surface area contributed by atoms with E-state index in [-0.39, 0.29) is 17.7 Å². The molecule has 0 saturated carbocycles. The lowest BCUT2D eigenvalue weighted by molar-refractivity contribution is -0.145. The van der Waals surface area contributed by atoms with Crippen molar-refractivity contribution < 1.29 is 34.1 Å². The highest BCUT2D eigenvalue weighted by atomic mass is 16.7. The number of amides is 1. The lowest BCUT2D eigenvalue weighted by Gasteiger charge is -2.15. The number of nitrogens with zero attached hydrogens (tertiary/aromatic N) is 1. The van der Waals surface area contributed by atoms with E-state index in [1.165, 1.54) is 12.3 Å². The first-order valence-corrected chi connectivity index (χ1v) is 8.04. The number of rotatable bonds is 6. The first-order chi connectivity index (χ1) is 12.8. The van der Waals surface area contributed by atoms with Gasteiger partial charge in [-0.1, -0.05) is 0 Å². The van der Waals surface area contributed by atoms with Crippen molar-refractivity contribution in [2.45, 2.75) is 25.9 Å². The predicted octanol–water partition coefficient (Wildman–Crippen LogP) is 0.408. The molecule has 0 fully saturated rings. The Kier molecular flexibility index (Phi) is 4.72. The van der Waals surface area contributed by atoms with Crippen molar-refractivity contribution in [2.75, 3.05) is 6.79 Å². The average Bonchev–Trinajstić information content (AvgIpc) is 3.07. The number of aliphatic carboxylic acids is 2. The Labute approximate surface area is 151 Å². The van der Waals surface area contributed by atoms with Gasteiger partial charge in [-0.2, -0.15) is 0 Å². The minimum Gasteiger partial charge on any atom is -0.481 e. The van der Waals surface area contributed by atoms with E-state index in [0.29, 0.717) is 23.6 Å². The highest BCUT2D eigenvalue weighted by Crippen LogP contribution is 2.35. The quantitative estimate of drug-likeness (QED) is 0.657. The number of carboxylic acids is 2. The zero-order valence-electron chi connectivity index (χ0n) is 14.2. The van der Waals surface area contributed by atoms with Crippen LogP contribution in [-0.4, -0.2) is 45.5 Å². The molecule has 0 unspecified atom stereocenters. The van der Waals surface area contributed by atoms with Crippen molar-refractivity contribution >= 4 is 28.7 Å². The van der Waals surface area contributed by atoms with Crippen LogP contribution in [0.25, 0.3) is 10.9 Å². The van der Waals surface area contributed by atoms with Crippen LogP contribution in [0.4, 0.5) is 0 Å². The van der Waals surface area contributed by atoms with Crippen LogP contribution in [0, 0.1) is 0 Å². The number of nitrogens with one attached hydrogen (secondary N) is 1. The summed E-state index contributed by atoms with van der Waals surface area (Å²) in [6.07, 6.45) is 0.497. The van der Waals surface area contributed by atoms with Gasteiger partial charge in [0.1, 0.15) is 11.6 Å². The molecule has 27 heavy (non-hydrogen) atoms. The van der Waals surface area contributed by atoms with E-state index >= 15 is 0 Å². The van der Waals surface area contributed by atoms with Crippen molar-refractivity contribution in [3.63, 3.8) is 0 Å². The molecule has 0 radical (unpaired) electrons. The first-order valence-electron chi connectivity index (χ1n) is 8.04. The number of carboxylic acid groups (broad SMARTS) is 2. The summed E-state index contributed by atoms with van der Waals surface area (Å²) in [6.45, 7) is 2.25. The highest BCUT2D eigenvalue weighted by Gasteiger charge is 2.26. The number of carbonyl (C=O) groups excluding carboxylic acids is 1. The Balaban J connectivity index is 2.06. The van der Waals surface area contributed by atoms with Gasteiger partial charge in [-0.25, -0.2) is 4.79 Å². The first kappa shape index (κ1) is 18.2. The van der Waals surface area contributed by atoms with E-state index in [9.17, 15) is 19.2 Å². The Morgan fingerprint density at radius 3 is 2.48 bits per heavy atom. The predicted molar refractivity (Wildman–Crippen MR) is 91.1 cm³/mol. The maximum absolute atomic E-state index is 12.8. The van der Waals surface area contributed by atoms with Crippen molar-refractivity contribution in [3.05, 3.63) is 34.1 Å². The zero-order valence-corrected chi connectivity index (χ0v) is 14.2. The zero-order chi connectivity index (χ0) is 19.7. The van der Waals surface area contributed by atoms with Gasteiger partial charge in [0.2, 0.25) is 12.2 Å². The molecule has 0 saturated heterocycles. The third kappa shape index (κ3) is 3.41. The molecule has 1 atom stereocenters. The number of ether oxygens (including phenoxy) is 2. The molecule has 2 heterocycles. The Hall–Kier alpha value is -3.56. The summed E-state index contributed by atoms with van der Waals surface area (Å²) in [4.78, 5) is 47.2. The van der Waals surface area contributed by atoms with Gasteiger partial charge in [-0.05, 0) is 13.0 Å². The maximum atomic E-state index is 12.8. The van der Waals surface area contributed by atoms with E-state index in [0.717, 1.165) is 0 Å². The van der Waals surface area contributed by atoms with Crippen molar-refractivity contribution in [1.29, 1.82) is 0 Å². The fraction of sp³-hybridized carbons (Fsp3) is 0.294. The SMILES string of the molecule is CCn1cc(C(=O)N[C@H](CC(=O)O)C(=O)O)c(=O)c2cc3c(cc21)OCO3. The summed E-state index contributed by atoms with van der Waals surface area (Å²) in [5.74, 6) is -3.01. The maximum Gasteiger partial charge on any atom is 0.326 e. The van der Waals surface area contributed by atoms with E-state index in [1.54, 1.807) is 17.6 Å². The van der Waals surface area contributed by atoms with Crippen molar-refractivity contribution in [3.8, 4) is 11.5 Å². The molecule has 1 aromatic heterocycles. The Morgan fingerprint density at radius 1 is 1.22 bits per heavy atom. The summed E-state index contributed by atoms with van der Waals surface area (Å²) in [6, 6.07) is 1.45. The van der Waals surface area contributed by atoms with Gasteiger partial charge >= 0.3 is 11.9 Å². The number of pyridine rings is 1. The largest absolute Gasteiger partial charge is 0.481 e. The van der Waals surface area contributed by atoms with Crippen LogP contribution < -0.4 is 20.2 Å². The van der Waals surface area contributed by atoms with E-state index in [2.05, 4.69) is 5.32 Å². The van der Waals surface area contributed by atoms with Crippen LogP contribution in [-0.2, 0) is 16.1 Å². The summed E-state index contributed by atoms with van der Waals surface area (Å²) in [7, 11) is 0. The molecule has 10 nitrogen and oxygen atoms in total. The Bertz CT molecular complexity index is 1010. The minimum atomic E-state index is -1.66. The van der Waals surface area contributed by atoms with E-state index in [1.807, 2.05) is 0 Å². The van der Waals surface area contributed by atoms with Crippen LogP contribution in [0.1, 0.15) is 23.7 Å². The highest BCUT2D eigenvalue weighted by molar-refractivity contribution is 6.00. The van der Waals surface area contributed by atoms with Crippen LogP contribution in [0.2, 0.25) is 0 Å². The van der Waals surface area contributed by atoms with Crippen molar-refractivity contribution in [1.82, 2.24) is 9.88 Å². The number of hydrogen-bond acceptors (Lipinski definition) is 6. The van der Waals surface area contributed by atoms with Gasteiger partial charge in [-0.15, -0.1) is 0 Å². The molecule has 0 spiro atoms. The fourth-order valence-corrected chi connectivity index (χ4v) is 2.81. The van der Waals surface area contributed by atoms with Gasteiger partial charge in [0, 0.05) is 18.8 Å². The summed E-state index contributed by atoms with van der Waals surface area (Å²) in [5.41, 5.74) is -0.381. The fourth-order valence-electron chi connectivity index (χ4n) is 2.81. The number of hydrogen-bond donors (Lipinski definition) is 3. The average molecular weight is 376 g/mol.